The molecule has 0 saturated carbocycles. The van der Waals surface area contributed by atoms with Crippen molar-refractivity contribution in [3.05, 3.63) is 40.6 Å². The summed E-state index contributed by atoms with van der Waals surface area (Å²) in [4.78, 5) is 9.75. The van der Waals surface area contributed by atoms with Crippen LogP contribution in [0.5, 0.6) is 5.88 Å². The van der Waals surface area contributed by atoms with E-state index in [1.54, 1.807) is 6.92 Å². The maximum Gasteiger partial charge on any atom is 0.220 e. The van der Waals surface area contributed by atoms with Crippen LogP contribution in [0.3, 0.4) is 0 Å². The van der Waals surface area contributed by atoms with Crippen molar-refractivity contribution in [2.45, 2.75) is 79.2 Å². The van der Waals surface area contributed by atoms with Gasteiger partial charge in [-0.3, -0.25) is 0 Å². The van der Waals surface area contributed by atoms with Crippen LogP contribution in [-0.2, 0) is 12.8 Å². The van der Waals surface area contributed by atoms with Gasteiger partial charge >= 0.3 is 0 Å². The Morgan fingerprint density at radius 2 is 1.67 bits per heavy atom. The van der Waals surface area contributed by atoms with Gasteiger partial charge in [-0.2, -0.15) is 4.98 Å². The van der Waals surface area contributed by atoms with Crippen LogP contribution in [-0.4, -0.2) is 27.8 Å². The molecule has 0 aliphatic rings. The normalized spacial score (nSPS) is 13.4. The molecule has 2 atom stereocenters. The number of benzene rings is 1. The van der Waals surface area contributed by atoms with Gasteiger partial charge in [0.2, 0.25) is 5.88 Å². The van der Waals surface area contributed by atoms with Crippen molar-refractivity contribution in [2.24, 2.45) is 0 Å². The average molecular weight is 371 g/mol. The Balaban J connectivity index is 2.63. The molecule has 0 aliphatic carbocycles. The molecule has 148 valence electrons. The topological polar surface area (TPSA) is 55.2 Å². The molecule has 1 aromatic heterocycles. The van der Waals surface area contributed by atoms with Crippen molar-refractivity contribution < 1.29 is 9.84 Å². The van der Waals surface area contributed by atoms with E-state index in [0.717, 1.165) is 48.3 Å². The van der Waals surface area contributed by atoms with Crippen molar-refractivity contribution in [3.8, 4) is 17.3 Å². The van der Waals surface area contributed by atoms with Crippen LogP contribution in [0.1, 0.15) is 75.8 Å². The molecule has 2 rings (SSSR count). The molecule has 1 aromatic carbocycles. The van der Waals surface area contributed by atoms with Gasteiger partial charge in [-0.1, -0.05) is 52.3 Å². The zero-order chi connectivity index (χ0) is 20.0. The summed E-state index contributed by atoms with van der Waals surface area (Å²) in [6.45, 7) is 12.7. The fourth-order valence-electron chi connectivity index (χ4n) is 3.65. The Kier molecular flexibility index (Phi) is 7.78. The molecule has 2 unspecified atom stereocenters. The fourth-order valence-corrected chi connectivity index (χ4v) is 3.65. The van der Waals surface area contributed by atoms with Crippen molar-refractivity contribution >= 4 is 0 Å². The van der Waals surface area contributed by atoms with E-state index in [-0.39, 0.29) is 6.61 Å². The van der Waals surface area contributed by atoms with Crippen LogP contribution < -0.4 is 4.74 Å². The summed E-state index contributed by atoms with van der Waals surface area (Å²) < 4.78 is 5.95. The molecule has 1 heterocycles. The van der Waals surface area contributed by atoms with Gasteiger partial charge in [0.25, 0.3) is 0 Å². The number of aliphatic hydroxyl groups is 1. The van der Waals surface area contributed by atoms with E-state index >= 15 is 0 Å². The second-order valence-corrected chi connectivity index (χ2v) is 7.36. The molecule has 27 heavy (non-hydrogen) atoms. The lowest BCUT2D eigenvalue weighted by molar-refractivity contribution is 0.119. The van der Waals surface area contributed by atoms with Gasteiger partial charge in [0, 0.05) is 16.8 Å². The zero-order valence-electron chi connectivity index (χ0n) is 17.7. The van der Waals surface area contributed by atoms with Crippen molar-refractivity contribution in [2.75, 3.05) is 6.61 Å². The van der Waals surface area contributed by atoms with E-state index in [0.29, 0.717) is 11.8 Å². The van der Waals surface area contributed by atoms with E-state index in [2.05, 4.69) is 45.9 Å². The predicted molar refractivity (Wildman–Crippen MR) is 111 cm³/mol. The number of ether oxygens (including phenoxy) is 1. The third-order valence-corrected chi connectivity index (χ3v) is 5.00. The summed E-state index contributed by atoms with van der Waals surface area (Å²) >= 11 is 0. The molecule has 0 amide bonds. The first-order valence-electron chi connectivity index (χ1n) is 10.2. The van der Waals surface area contributed by atoms with E-state index in [9.17, 15) is 5.11 Å². The minimum Gasteiger partial charge on any atom is -0.475 e. The van der Waals surface area contributed by atoms with E-state index < -0.39 is 6.10 Å². The minimum atomic E-state index is -0.535. The predicted octanol–water partition coefficient (Wildman–Crippen LogP) is 5.24. The van der Waals surface area contributed by atoms with Crippen LogP contribution in [0.25, 0.3) is 11.4 Å². The summed E-state index contributed by atoms with van der Waals surface area (Å²) in [5.74, 6) is 1.67. The molecule has 4 nitrogen and oxygen atoms in total. The van der Waals surface area contributed by atoms with Gasteiger partial charge in [0.05, 0.1) is 6.10 Å². The van der Waals surface area contributed by atoms with Gasteiger partial charge in [0.15, 0.2) is 5.82 Å². The molecule has 0 radical (unpaired) electrons. The van der Waals surface area contributed by atoms with E-state index in [1.165, 1.54) is 11.1 Å². The molecular formula is C23H34N2O2. The molecular weight excluding hydrogens is 336 g/mol. The monoisotopic (exact) mass is 370 g/mol. The summed E-state index contributed by atoms with van der Waals surface area (Å²) in [5, 5.41) is 9.70. The third-order valence-electron chi connectivity index (χ3n) is 5.00. The lowest BCUT2D eigenvalue weighted by atomic mass is 9.94. The standard InChI is InChI=1S/C23H34N2O2/c1-7-11-15(4)20-17(6)24-22(25-23(20)27-14-16(5)26)21-18(8-2)12-10-13-19(21)9-3/h10,12-13,15-16,26H,7-9,11,14H2,1-6H3. The van der Waals surface area contributed by atoms with Crippen molar-refractivity contribution in [1.29, 1.82) is 0 Å². The summed E-state index contributed by atoms with van der Waals surface area (Å²) in [7, 11) is 0. The molecule has 0 bridgehead atoms. The maximum atomic E-state index is 9.70. The quantitative estimate of drug-likeness (QED) is 0.656. The average Bonchev–Trinajstić information content (AvgIpc) is 2.65. The highest BCUT2D eigenvalue weighted by Gasteiger charge is 2.21. The van der Waals surface area contributed by atoms with Crippen LogP contribution >= 0.6 is 0 Å². The number of rotatable bonds is 9. The number of hydrogen-bond acceptors (Lipinski definition) is 4. The van der Waals surface area contributed by atoms with Crippen LogP contribution in [0.2, 0.25) is 0 Å². The van der Waals surface area contributed by atoms with Crippen LogP contribution in [0, 0.1) is 6.92 Å². The first-order valence-corrected chi connectivity index (χ1v) is 10.2. The van der Waals surface area contributed by atoms with Crippen LogP contribution in [0.4, 0.5) is 0 Å². The molecule has 2 aromatic rings. The summed E-state index contributed by atoms with van der Waals surface area (Å²) in [5.41, 5.74) is 5.67. The highest BCUT2D eigenvalue weighted by Crippen LogP contribution is 2.34. The van der Waals surface area contributed by atoms with Gasteiger partial charge in [0.1, 0.15) is 6.61 Å². The highest BCUT2D eigenvalue weighted by atomic mass is 16.5. The Morgan fingerprint density at radius 3 is 2.19 bits per heavy atom. The Labute approximate surface area is 164 Å². The molecule has 0 fully saturated rings. The van der Waals surface area contributed by atoms with Crippen LogP contribution in [0.15, 0.2) is 18.2 Å². The SMILES string of the molecule is CCCC(C)c1c(C)nc(-c2c(CC)cccc2CC)nc1OCC(C)O. The first-order chi connectivity index (χ1) is 12.9. The smallest absolute Gasteiger partial charge is 0.220 e. The number of aromatic nitrogens is 2. The molecule has 0 saturated heterocycles. The third kappa shape index (κ3) is 5.07. The minimum absolute atomic E-state index is 0.234. The molecule has 1 N–H and O–H groups in total. The highest BCUT2D eigenvalue weighted by molar-refractivity contribution is 5.66. The van der Waals surface area contributed by atoms with Gasteiger partial charge in [-0.05, 0) is 50.2 Å². The molecule has 0 spiro atoms. The number of hydrogen-bond donors (Lipinski definition) is 1. The lowest BCUT2D eigenvalue weighted by Gasteiger charge is -2.20. The van der Waals surface area contributed by atoms with Gasteiger partial charge < -0.3 is 9.84 Å². The Hall–Kier alpha value is -1.94. The Morgan fingerprint density at radius 1 is 1.04 bits per heavy atom. The second-order valence-electron chi connectivity index (χ2n) is 7.36. The molecule has 0 aliphatic heterocycles. The lowest BCUT2D eigenvalue weighted by Crippen LogP contribution is -2.16. The molecule has 4 heteroatoms. The van der Waals surface area contributed by atoms with E-state index in [4.69, 9.17) is 14.7 Å². The zero-order valence-corrected chi connectivity index (χ0v) is 17.7. The largest absolute Gasteiger partial charge is 0.475 e. The van der Waals surface area contributed by atoms with Gasteiger partial charge in [-0.25, -0.2) is 4.98 Å². The van der Waals surface area contributed by atoms with E-state index in [1.807, 2.05) is 6.92 Å². The first kappa shape index (κ1) is 21.4. The van der Waals surface area contributed by atoms with Gasteiger partial charge in [-0.15, -0.1) is 0 Å². The number of aryl methyl sites for hydroxylation is 3. The summed E-state index contributed by atoms with van der Waals surface area (Å²) in [6.07, 6.45) is 3.48. The fraction of sp³-hybridized carbons (Fsp3) is 0.565. The number of aliphatic hydroxyl groups excluding tert-OH is 1. The summed E-state index contributed by atoms with van der Waals surface area (Å²) in [6, 6.07) is 6.41. The Bertz CT molecular complexity index is 734. The number of nitrogens with zero attached hydrogens (tertiary/aromatic N) is 2. The maximum absolute atomic E-state index is 9.70. The second kappa shape index (κ2) is 9.84. The van der Waals surface area contributed by atoms with Crippen molar-refractivity contribution in [3.63, 3.8) is 0 Å². The van der Waals surface area contributed by atoms with Crippen molar-refractivity contribution in [1.82, 2.24) is 9.97 Å².